The molecule has 0 aliphatic carbocycles. The first kappa shape index (κ1) is 15.9. The normalized spacial score (nSPS) is 11.4. The van der Waals surface area contributed by atoms with Gasteiger partial charge < -0.3 is 4.18 Å². The fraction of sp³-hybridized carbons (Fsp3) is 0.0667. The molecule has 0 aliphatic rings. The Kier molecular flexibility index (Phi) is 4.43. The number of halogens is 3. The highest BCUT2D eigenvalue weighted by atomic mass is 32.2. The molecular weight excluding hydrogens is 317 g/mol. The fourth-order valence-corrected chi connectivity index (χ4v) is 1.89. The SMILES string of the molecule is O=S(=O)(Oc1ccc(C#Cc2ccccc2)cc1)C(F)(F)F. The van der Waals surface area contributed by atoms with Crippen LogP contribution in [0.4, 0.5) is 13.2 Å². The van der Waals surface area contributed by atoms with Gasteiger partial charge in [-0.1, -0.05) is 30.0 Å². The summed E-state index contributed by atoms with van der Waals surface area (Å²) in [5.74, 6) is 5.24. The van der Waals surface area contributed by atoms with Crippen LogP contribution in [0.25, 0.3) is 0 Å². The van der Waals surface area contributed by atoms with Crippen LogP contribution in [0.3, 0.4) is 0 Å². The Hall–Kier alpha value is -2.46. The number of hydrogen-bond donors (Lipinski definition) is 0. The van der Waals surface area contributed by atoms with E-state index >= 15 is 0 Å². The summed E-state index contributed by atoms with van der Waals surface area (Å²) in [5.41, 5.74) is -4.17. The maximum Gasteiger partial charge on any atom is 0.534 e. The third kappa shape index (κ3) is 4.02. The first-order valence-electron chi connectivity index (χ1n) is 5.96. The van der Waals surface area contributed by atoms with E-state index in [4.69, 9.17) is 0 Å². The second kappa shape index (κ2) is 6.12. The molecule has 0 bridgehead atoms. The summed E-state index contributed by atoms with van der Waals surface area (Å²) in [5, 5.41) is 0. The van der Waals surface area contributed by atoms with Crippen molar-refractivity contribution in [1.82, 2.24) is 0 Å². The number of rotatable bonds is 2. The van der Waals surface area contributed by atoms with Crippen molar-refractivity contribution in [3.8, 4) is 17.6 Å². The molecule has 0 aliphatic heterocycles. The van der Waals surface area contributed by atoms with Crippen LogP contribution in [0.5, 0.6) is 5.75 Å². The molecule has 0 spiro atoms. The third-order valence-electron chi connectivity index (χ3n) is 2.47. The summed E-state index contributed by atoms with van der Waals surface area (Å²) in [6, 6.07) is 14.1. The van der Waals surface area contributed by atoms with E-state index in [0.29, 0.717) is 5.56 Å². The molecule has 0 unspecified atom stereocenters. The lowest BCUT2D eigenvalue weighted by molar-refractivity contribution is -0.0500. The fourth-order valence-electron chi connectivity index (χ4n) is 1.43. The molecule has 3 nitrogen and oxygen atoms in total. The van der Waals surface area contributed by atoms with Gasteiger partial charge in [-0.2, -0.15) is 21.6 Å². The summed E-state index contributed by atoms with van der Waals surface area (Å²) in [7, 11) is -5.65. The van der Waals surface area contributed by atoms with E-state index in [0.717, 1.165) is 17.7 Å². The quantitative estimate of drug-likeness (QED) is 0.483. The van der Waals surface area contributed by atoms with Crippen LogP contribution in [-0.4, -0.2) is 13.9 Å². The molecule has 0 atom stereocenters. The maximum atomic E-state index is 12.2. The van der Waals surface area contributed by atoms with Gasteiger partial charge in [0.2, 0.25) is 0 Å². The molecule has 2 aromatic rings. The summed E-state index contributed by atoms with van der Waals surface area (Å²) < 4.78 is 62.2. The molecular formula is C15H9F3O3S. The molecule has 0 amide bonds. The van der Waals surface area contributed by atoms with Gasteiger partial charge in [0.15, 0.2) is 0 Å². The lowest BCUT2D eigenvalue weighted by Gasteiger charge is -2.08. The average Bonchev–Trinajstić information content (AvgIpc) is 2.46. The molecule has 0 radical (unpaired) electrons. The van der Waals surface area contributed by atoms with Gasteiger partial charge >= 0.3 is 15.6 Å². The summed E-state index contributed by atoms with van der Waals surface area (Å²) in [6.07, 6.45) is 0. The minimum Gasteiger partial charge on any atom is -0.376 e. The summed E-state index contributed by atoms with van der Waals surface area (Å²) in [6.45, 7) is 0. The van der Waals surface area contributed by atoms with Gasteiger partial charge in [-0.25, -0.2) is 0 Å². The molecule has 0 aromatic heterocycles. The maximum absolute atomic E-state index is 12.2. The van der Waals surface area contributed by atoms with Crippen LogP contribution in [0, 0.1) is 11.8 Å². The highest BCUT2D eigenvalue weighted by Gasteiger charge is 2.48. The predicted octanol–water partition coefficient (Wildman–Crippen LogP) is 3.31. The Morgan fingerprint density at radius 2 is 1.32 bits per heavy atom. The first-order valence-corrected chi connectivity index (χ1v) is 7.37. The Morgan fingerprint density at radius 1 is 0.818 bits per heavy atom. The van der Waals surface area contributed by atoms with E-state index in [1.54, 1.807) is 12.1 Å². The molecule has 114 valence electrons. The monoisotopic (exact) mass is 326 g/mol. The minimum absolute atomic E-state index is 0.428. The van der Waals surface area contributed by atoms with E-state index < -0.39 is 21.4 Å². The van der Waals surface area contributed by atoms with Crippen LogP contribution in [0.1, 0.15) is 11.1 Å². The Balaban J connectivity index is 2.14. The van der Waals surface area contributed by atoms with Gasteiger partial charge in [0.1, 0.15) is 5.75 Å². The molecule has 0 N–H and O–H groups in total. The van der Waals surface area contributed by atoms with Gasteiger partial charge in [0, 0.05) is 11.1 Å². The lowest BCUT2D eigenvalue weighted by Crippen LogP contribution is -2.28. The van der Waals surface area contributed by atoms with Crippen molar-refractivity contribution in [3.63, 3.8) is 0 Å². The second-order valence-electron chi connectivity index (χ2n) is 4.12. The standard InChI is InChI=1S/C15H9F3O3S/c16-15(17,18)22(19,20)21-14-10-8-13(9-11-14)7-6-12-4-2-1-3-5-12/h1-5,8-11H. The van der Waals surface area contributed by atoms with Gasteiger partial charge in [0.05, 0.1) is 0 Å². The molecule has 0 fully saturated rings. The van der Waals surface area contributed by atoms with Crippen molar-refractivity contribution < 1.29 is 25.8 Å². The second-order valence-corrected chi connectivity index (χ2v) is 5.66. The van der Waals surface area contributed by atoms with E-state index in [2.05, 4.69) is 16.0 Å². The Morgan fingerprint density at radius 3 is 1.82 bits per heavy atom. The van der Waals surface area contributed by atoms with Crippen LogP contribution < -0.4 is 4.18 Å². The molecule has 0 saturated heterocycles. The van der Waals surface area contributed by atoms with Crippen LogP contribution >= 0.6 is 0 Å². The highest BCUT2D eigenvalue weighted by molar-refractivity contribution is 7.87. The van der Waals surface area contributed by atoms with Crippen molar-refractivity contribution in [2.45, 2.75) is 5.51 Å². The summed E-state index contributed by atoms with van der Waals surface area (Å²) in [4.78, 5) is 0. The topological polar surface area (TPSA) is 43.4 Å². The summed E-state index contributed by atoms with van der Waals surface area (Å²) >= 11 is 0. The minimum atomic E-state index is -5.65. The van der Waals surface area contributed by atoms with E-state index in [1.165, 1.54) is 12.1 Å². The van der Waals surface area contributed by atoms with E-state index in [-0.39, 0.29) is 0 Å². The van der Waals surface area contributed by atoms with E-state index in [1.807, 2.05) is 18.2 Å². The number of hydrogen-bond acceptors (Lipinski definition) is 3. The van der Waals surface area contributed by atoms with Crippen molar-refractivity contribution in [2.75, 3.05) is 0 Å². The van der Waals surface area contributed by atoms with Gasteiger partial charge in [-0.3, -0.25) is 0 Å². The Bertz CT molecular complexity index is 799. The zero-order valence-electron chi connectivity index (χ0n) is 11.0. The molecule has 7 heteroatoms. The zero-order valence-corrected chi connectivity index (χ0v) is 11.8. The Labute approximate surface area is 125 Å². The third-order valence-corrected chi connectivity index (χ3v) is 3.45. The zero-order chi connectivity index (χ0) is 16.2. The van der Waals surface area contributed by atoms with E-state index in [9.17, 15) is 21.6 Å². The van der Waals surface area contributed by atoms with Crippen molar-refractivity contribution in [3.05, 3.63) is 65.7 Å². The molecule has 22 heavy (non-hydrogen) atoms. The van der Waals surface area contributed by atoms with Gasteiger partial charge in [0.25, 0.3) is 0 Å². The molecule has 2 rings (SSSR count). The highest BCUT2D eigenvalue weighted by Crippen LogP contribution is 2.26. The lowest BCUT2D eigenvalue weighted by atomic mass is 10.2. The smallest absolute Gasteiger partial charge is 0.376 e. The van der Waals surface area contributed by atoms with Gasteiger partial charge in [-0.05, 0) is 36.4 Å². The van der Waals surface area contributed by atoms with Crippen molar-refractivity contribution in [2.24, 2.45) is 0 Å². The molecule has 0 saturated carbocycles. The first-order chi connectivity index (χ1) is 10.3. The van der Waals surface area contributed by atoms with Crippen LogP contribution in [0.2, 0.25) is 0 Å². The van der Waals surface area contributed by atoms with Gasteiger partial charge in [-0.15, -0.1) is 0 Å². The number of benzene rings is 2. The molecule has 0 heterocycles. The predicted molar refractivity (Wildman–Crippen MR) is 74.5 cm³/mol. The number of alkyl halides is 3. The van der Waals surface area contributed by atoms with Crippen molar-refractivity contribution in [1.29, 1.82) is 0 Å². The average molecular weight is 326 g/mol. The molecule has 2 aromatic carbocycles. The van der Waals surface area contributed by atoms with Crippen LogP contribution in [-0.2, 0) is 10.1 Å². The van der Waals surface area contributed by atoms with Crippen molar-refractivity contribution >= 4 is 10.1 Å². The van der Waals surface area contributed by atoms with Crippen LogP contribution in [0.15, 0.2) is 54.6 Å². The largest absolute Gasteiger partial charge is 0.534 e.